The van der Waals surface area contributed by atoms with Crippen LogP contribution in [-0.4, -0.2) is 4.57 Å². The van der Waals surface area contributed by atoms with Crippen molar-refractivity contribution in [3.8, 4) is 5.69 Å². The van der Waals surface area contributed by atoms with Crippen molar-refractivity contribution < 1.29 is 0 Å². The Morgan fingerprint density at radius 1 is 0.642 bits per heavy atom. The number of rotatable bonds is 6. The highest BCUT2D eigenvalue weighted by Crippen LogP contribution is 2.51. The van der Waals surface area contributed by atoms with Crippen LogP contribution in [0.15, 0.2) is 176 Å². The van der Waals surface area contributed by atoms with Gasteiger partial charge in [0.2, 0.25) is 0 Å². The molecule has 9 aromatic rings. The van der Waals surface area contributed by atoms with Gasteiger partial charge >= 0.3 is 0 Å². The molecule has 0 amide bonds. The molecule has 0 N–H and O–H groups in total. The molecule has 0 radical (unpaired) electrons. The molecule has 1 aliphatic carbocycles. The second kappa shape index (κ2) is 11.9. The van der Waals surface area contributed by atoms with Gasteiger partial charge in [-0.05, 0) is 101 Å². The number of nitrogens with zero attached hydrogens (tertiary/aromatic N) is 2. The predicted octanol–water partition coefficient (Wildman–Crippen LogP) is 14.6. The third kappa shape index (κ3) is 4.57. The third-order valence-corrected chi connectivity index (χ3v) is 12.4. The van der Waals surface area contributed by atoms with Gasteiger partial charge in [-0.2, -0.15) is 0 Å². The minimum absolute atomic E-state index is 0.175. The van der Waals surface area contributed by atoms with Gasteiger partial charge in [-0.15, -0.1) is 11.3 Å². The molecule has 0 saturated carbocycles. The zero-order valence-corrected chi connectivity index (χ0v) is 30.9. The van der Waals surface area contributed by atoms with E-state index in [1.165, 1.54) is 75.0 Å². The van der Waals surface area contributed by atoms with Crippen LogP contribution in [0.1, 0.15) is 31.9 Å². The fourth-order valence-electron chi connectivity index (χ4n) is 8.94. The van der Waals surface area contributed by atoms with E-state index in [1.807, 2.05) is 17.4 Å². The lowest BCUT2D eigenvalue weighted by molar-refractivity contribution is 0.654. The van der Waals surface area contributed by atoms with Crippen LogP contribution in [0.5, 0.6) is 0 Å². The van der Waals surface area contributed by atoms with Crippen molar-refractivity contribution in [3.63, 3.8) is 0 Å². The molecule has 0 saturated heterocycles. The predicted molar refractivity (Wildman–Crippen MR) is 231 cm³/mol. The van der Waals surface area contributed by atoms with E-state index in [-0.39, 0.29) is 5.41 Å². The Hall–Kier alpha value is -6.16. The zero-order valence-electron chi connectivity index (χ0n) is 30.1. The zero-order chi connectivity index (χ0) is 35.8. The molecular formula is C50H38N2S. The topological polar surface area (TPSA) is 8.17 Å². The minimum Gasteiger partial charge on any atom is -0.310 e. The fraction of sp³-hybridized carbons (Fsp3) is 0.0800. The maximum atomic E-state index is 4.23. The van der Waals surface area contributed by atoms with Crippen molar-refractivity contribution in [2.24, 2.45) is 0 Å². The van der Waals surface area contributed by atoms with Crippen molar-refractivity contribution in [2.45, 2.75) is 26.2 Å². The van der Waals surface area contributed by atoms with Gasteiger partial charge in [0.1, 0.15) is 0 Å². The van der Waals surface area contributed by atoms with Crippen molar-refractivity contribution in [1.29, 1.82) is 0 Å². The van der Waals surface area contributed by atoms with E-state index in [0.29, 0.717) is 0 Å². The molecule has 0 spiro atoms. The first-order chi connectivity index (χ1) is 26.0. The largest absolute Gasteiger partial charge is 0.310 e. The van der Waals surface area contributed by atoms with Crippen LogP contribution < -0.4 is 4.90 Å². The molecule has 0 aliphatic heterocycles. The van der Waals surface area contributed by atoms with Crippen molar-refractivity contribution in [3.05, 3.63) is 187 Å². The highest BCUT2D eigenvalue weighted by Gasteiger charge is 2.36. The maximum absolute atomic E-state index is 4.23. The molecule has 2 heterocycles. The number of para-hydroxylation sites is 2. The normalized spacial score (nSPS) is 14.0. The van der Waals surface area contributed by atoms with Crippen molar-refractivity contribution >= 4 is 86.7 Å². The van der Waals surface area contributed by atoms with Crippen LogP contribution in [0.3, 0.4) is 0 Å². The molecule has 2 aromatic heterocycles. The van der Waals surface area contributed by atoms with Crippen LogP contribution in [-0.2, 0) is 5.41 Å². The lowest BCUT2D eigenvalue weighted by Crippen LogP contribution is -2.17. The van der Waals surface area contributed by atoms with Gasteiger partial charge < -0.3 is 9.47 Å². The smallest absolute Gasteiger partial charge is 0.0726 e. The summed E-state index contributed by atoms with van der Waals surface area (Å²) in [6.45, 7) is 11.0. The average molecular weight is 699 g/mol. The monoisotopic (exact) mass is 698 g/mol. The second-order valence-corrected chi connectivity index (χ2v) is 15.6. The van der Waals surface area contributed by atoms with E-state index in [0.717, 1.165) is 22.7 Å². The first-order valence-corrected chi connectivity index (χ1v) is 19.2. The first kappa shape index (κ1) is 31.6. The highest BCUT2D eigenvalue weighted by atomic mass is 32.1. The SMILES string of the molecule is C=CC1=C(/C=C\C)c2ccc(N(c3ccccc3)c3ccc4c(c3)c3c5ccccc5c5c6ccccc6sc5c3n4-c3ccccc3)cc2C1(C)C. The Bertz CT molecular complexity index is 2990. The van der Waals surface area contributed by atoms with Gasteiger partial charge in [-0.3, -0.25) is 0 Å². The van der Waals surface area contributed by atoms with Gasteiger partial charge in [0.25, 0.3) is 0 Å². The summed E-state index contributed by atoms with van der Waals surface area (Å²) in [5, 5.41) is 7.77. The summed E-state index contributed by atoms with van der Waals surface area (Å²) in [4.78, 5) is 2.42. The summed E-state index contributed by atoms with van der Waals surface area (Å²) in [6, 6.07) is 53.5. The minimum atomic E-state index is -0.175. The molecule has 0 bridgehead atoms. The molecule has 53 heavy (non-hydrogen) atoms. The molecule has 0 unspecified atom stereocenters. The summed E-state index contributed by atoms with van der Waals surface area (Å²) in [7, 11) is 0. The fourth-order valence-corrected chi connectivity index (χ4v) is 10.2. The summed E-state index contributed by atoms with van der Waals surface area (Å²) in [6.07, 6.45) is 6.40. The van der Waals surface area contributed by atoms with Crippen LogP contribution in [0.4, 0.5) is 17.1 Å². The maximum Gasteiger partial charge on any atom is 0.0726 e. The Kier molecular flexibility index (Phi) is 7.11. The summed E-state index contributed by atoms with van der Waals surface area (Å²) in [5.74, 6) is 0. The van der Waals surface area contributed by atoms with E-state index in [9.17, 15) is 0 Å². The van der Waals surface area contributed by atoms with Crippen LogP contribution >= 0.6 is 11.3 Å². The van der Waals surface area contributed by atoms with Crippen molar-refractivity contribution in [2.75, 3.05) is 4.90 Å². The Balaban J connectivity index is 1.30. The quantitative estimate of drug-likeness (QED) is 0.168. The number of hydrogen-bond acceptors (Lipinski definition) is 2. The van der Waals surface area contributed by atoms with E-state index < -0.39 is 0 Å². The van der Waals surface area contributed by atoms with E-state index in [1.54, 1.807) is 0 Å². The number of fused-ring (bicyclic) bond motifs is 11. The Morgan fingerprint density at radius 2 is 1.28 bits per heavy atom. The number of allylic oxidation sites excluding steroid dienone is 5. The van der Waals surface area contributed by atoms with Crippen LogP contribution in [0.2, 0.25) is 0 Å². The van der Waals surface area contributed by atoms with E-state index in [4.69, 9.17) is 0 Å². The molecule has 2 nitrogen and oxygen atoms in total. The molecule has 3 heteroatoms. The second-order valence-electron chi connectivity index (χ2n) is 14.5. The number of benzene rings is 7. The van der Waals surface area contributed by atoms with E-state index >= 15 is 0 Å². The third-order valence-electron chi connectivity index (χ3n) is 11.2. The summed E-state index contributed by atoms with van der Waals surface area (Å²) >= 11 is 1.90. The Morgan fingerprint density at radius 3 is 2.02 bits per heavy atom. The van der Waals surface area contributed by atoms with Gasteiger partial charge in [-0.25, -0.2) is 0 Å². The van der Waals surface area contributed by atoms with Crippen LogP contribution in [0, 0.1) is 0 Å². The Labute approximate surface area is 313 Å². The standard InChI is InChI=1S/C50H38N2S/c1-5-17-36-37-28-26-35(31-43(37)50(3,4)42(36)6-2)51(32-18-9-7-10-19-32)34-27-29-44-41(30-34)46-38-22-13-14-23-39(38)47-40-24-15-16-25-45(40)53-49(47)48(46)52(44)33-20-11-8-12-21-33/h5-31H,2H2,1,3-4H3/b17-5-. The summed E-state index contributed by atoms with van der Waals surface area (Å²) < 4.78 is 5.13. The molecular weight excluding hydrogens is 661 g/mol. The first-order valence-electron chi connectivity index (χ1n) is 18.3. The highest BCUT2D eigenvalue weighted by molar-refractivity contribution is 7.27. The molecule has 0 fully saturated rings. The molecule has 7 aromatic carbocycles. The number of anilines is 3. The molecule has 10 rings (SSSR count). The summed E-state index contributed by atoms with van der Waals surface area (Å²) in [5.41, 5.74) is 12.0. The average Bonchev–Trinajstić information content (AvgIpc) is 3.82. The van der Waals surface area contributed by atoms with Crippen molar-refractivity contribution in [1.82, 2.24) is 4.57 Å². The molecule has 0 atom stereocenters. The number of thiophene rings is 1. The molecule has 254 valence electrons. The number of hydrogen-bond donors (Lipinski definition) is 0. The van der Waals surface area contributed by atoms with Gasteiger partial charge in [0.05, 0.1) is 15.7 Å². The number of aromatic nitrogens is 1. The van der Waals surface area contributed by atoms with Gasteiger partial charge in [0.15, 0.2) is 0 Å². The van der Waals surface area contributed by atoms with E-state index in [2.05, 4.69) is 195 Å². The van der Waals surface area contributed by atoms with Gasteiger partial charge in [0, 0.05) is 54.4 Å². The van der Waals surface area contributed by atoms with Gasteiger partial charge in [-0.1, -0.05) is 124 Å². The van der Waals surface area contributed by atoms with Crippen LogP contribution in [0.25, 0.3) is 64.0 Å². The molecule has 1 aliphatic rings. The lowest BCUT2D eigenvalue weighted by atomic mass is 9.81. The lowest BCUT2D eigenvalue weighted by Gasteiger charge is -2.28.